The van der Waals surface area contributed by atoms with Gasteiger partial charge in [0, 0.05) is 27.5 Å². The van der Waals surface area contributed by atoms with Crippen LogP contribution in [0, 0.1) is 0 Å². The maximum atomic E-state index is 6.22. The smallest absolute Gasteiger partial charge is 0.164 e. The van der Waals surface area contributed by atoms with E-state index in [2.05, 4.69) is 140 Å². The number of aromatic nitrogens is 3. The molecule has 0 atom stereocenters. The maximum Gasteiger partial charge on any atom is 0.164 e. The summed E-state index contributed by atoms with van der Waals surface area (Å²) in [5.74, 6) is 1.87. The van der Waals surface area contributed by atoms with Gasteiger partial charge in [0.05, 0.1) is 0 Å². The third-order valence-corrected chi connectivity index (χ3v) is 10.7. The number of nitrogens with zero attached hydrogens (tertiary/aromatic N) is 3. The summed E-state index contributed by atoms with van der Waals surface area (Å²) in [4.78, 5) is 15.2. The SMILES string of the molecule is c1ccc(-c2nc(-c3ccc(-c4c5ccccc5cc5c4ccc4ccccc45)cc3)nc(-c3cccc(-c4ccc5c(c4)oc4ccccc45)c3)n2)cc1. The Morgan fingerprint density at radius 3 is 1.64 bits per heavy atom. The molecule has 2 heterocycles. The third-order valence-electron chi connectivity index (χ3n) is 10.7. The first kappa shape index (κ1) is 31.1. The van der Waals surface area contributed by atoms with E-state index in [9.17, 15) is 0 Å². The van der Waals surface area contributed by atoms with Crippen LogP contribution in [0.1, 0.15) is 0 Å². The maximum absolute atomic E-state index is 6.22. The van der Waals surface area contributed by atoms with Crippen LogP contribution >= 0.6 is 0 Å². The zero-order valence-electron chi connectivity index (χ0n) is 29.6. The Hall–Kier alpha value is -7.43. The van der Waals surface area contributed by atoms with Crippen molar-refractivity contribution < 1.29 is 4.42 Å². The third kappa shape index (κ3) is 5.34. The second kappa shape index (κ2) is 12.6. The molecule has 11 rings (SSSR count). The van der Waals surface area contributed by atoms with Crippen LogP contribution in [0.3, 0.4) is 0 Å². The average Bonchev–Trinajstić information content (AvgIpc) is 3.64. The Morgan fingerprint density at radius 1 is 0.273 bits per heavy atom. The zero-order valence-corrected chi connectivity index (χ0v) is 29.6. The van der Waals surface area contributed by atoms with Gasteiger partial charge in [0.25, 0.3) is 0 Å². The summed E-state index contributed by atoms with van der Waals surface area (Å²) in [7, 11) is 0. The molecular formula is C51H31N3O. The van der Waals surface area contributed by atoms with E-state index in [1.807, 2.05) is 48.5 Å². The quantitative estimate of drug-likeness (QED) is 0.132. The number of fused-ring (bicyclic) bond motifs is 7. The Balaban J connectivity index is 1.03. The van der Waals surface area contributed by atoms with E-state index >= 15 is 0 Å². The van der Waals surface area contributed by atoms with Crippen LogP contribution < -0.4 is 0 Å². The van der Waals surface area contributed by atoms with Crippen LogP contribution in [-0.4, -0.2) is 15.0 Å². The molecule has 0 bridgehead atoms. The molecule has 0 aliphatic heterocycles. The summed E-state index contributed by atoms with van der Waals surface area (Å²) >= 11 is 0. The molecule has 4 nitrogen and oxygen atoms in total. The molecule has 0 spiro atoms. The van der Waals surface area contributed by atoms with Gasteiger partial charge in [-0.25, -0.2) is 15.0 Å². The van der Waals surface area contributed by atoms with Crippen molar-refractivity contribution in [3.63, 3.8) is 0 Å². The van der Waals surface area contributed by atoms with Crippen LogP contribution in [-0.2, 0) is 0 Å². The predicted molar refractivity (Wildman–Crippen MR) is 227 cm³/mol. The summed E-state index contributed by atoms with van der Waals surface area (Å²) in [6, 6.07) is 65.9. The minimum atomic E-state index is 0.617. The van der Waals surface area contributed by atoms with Crippen molar-refractivity contribution in [2.45, 2.75) is 0 Å². The molecule has 2 aromatic heterocycles. The molecular weight excluding hydrogens is 671 g/mol. The van der Waals surface area contributed by atoms with E-state index in [1.54, 1.807) is 0 Å². The van der Waals surface area contributed by atoms with E-state index in [0.29, 0.717) is 17.5 Å². The van der Waals surface area contributed by atoms with Crippen LogP contribution in [0.2, 0.25) is 0 Å². The number of hydrogen-bond acceptors (Lipinski definition) is 4. The molecule has 0 saturated heterocycles. The fourth-order valence-corrected chi connectivity index (χ4v) is 8.01. The molecule has 0 unspecified atom stereocenters. The first-order valence-electron chi connectivity index (χ1n) is 18.5. The minimum Gasteiger partial charge on any atom is -0.456 e. The molecule has 0 saturated carbocycles. The molecule has 0 radical (unpaired) electrons. The highest BCUT2D eigenvalue weighted by Crippen LogP contribution is 2.40. The number of rotatable bonds is 5. The Kier molecular flexibility index (Phi) is 7.14. The van der Waals surface area contributed by atoms with E-state index < -0.39 is 0 Å². The standard InChI is InChI=1S/C51H31N3O/c1-2-12-34(13-3-1)49-52-50(54-51(53-49)39-16-10-15-36(29-39)37-26-27-43-42-19-8-9-20-46(42)55-47(43)31-37)35-23-21-33(22-24-35)48-41-18-7-5-14-38(41)30-45-40-17-6-4-11-32(40)25-28-44(45)48/h1-31H. The van der Waals surface area contributed by atoms with Gasteiger partial charge in [0.2, 0.25) is 0 Å². The average molecular weight is 702 g/mol. The van der Waals surface area contributed by atoms with Gasteiger partial charge in [0.1, 0.15) is 11.2 Å². The van der Waals surface area contributed by atoms with Gasteiger partial charge in [-0.1, -0.05) is 158 Å². The lowest BCUT2D eigenvalue weighted by Gasteiger charge is -2.14. The molecule has 0 aliphatic carbocycles. The monoisotopic (exact) mass is 701 g/mol. The van der Waals surface area contributed by atoms with E-state index in [0.717, 1.165) is 55.3 Å². The lowest BCUT2D eigenvalue weighted by atomic mass is 9.89. The van der Waals surface area contributed by atoms with Gasteiger partial charge in [-0.05, 0) is 84.9 Å². The number of hydrogen-bond donors (Lipinski definition) is 0. The van der Waals surface area contributed by atoms with Gasteiger partial charge in [0.15, 0.2) is 17.5 Å². The van der Waals surface area contributed by atoms with Crippen LogP contribution in [0.15, 0.2) is 192 Å². The molecule has 0 aliphatic rings. The second-order valence-electron chi connectivity index (χ2n) is 14.0. The lowest BCUT2D eigenvalue weighted by Crippen LogP contribution is -2.00. The summed E-state index contributed by atoms with van der Waals surface area (Å²) in [6.45, 7) is 0. The van der Waals surface area contributed by atoms with E-state index in [4.69, 9.17) is 19.4 Å². The van der Waals surface area contributed by atoms with Crippen LogP contribution in [0.4, 0.5) is 0 Å². The lowest BCUT2D eigenvalue weighted by molar-refractivity contribution is 0.669. The molecule has 9 aromatic carbocycles. The molecule has 11 aromatic rings. The summed E-state index contributed by atoms with van der Waals surface area (Å²) in [5.41, 5.74) is 9.02. The fourth-order valence-electron chi connectivity index (χ4n) is 8.01. The van der Waals surface area contributed by atoms with Crippen molar-refractivity contribution in [1.82, 2.24) is 15.0 Å². The van der Waals surface area contributed by atoms with Crippen molar-refractivity contribution in [1.29, 1.82) is 0 Å². The second-order valence-corrected chi connectivity index (χ2v) is 14.0. The molecule has 0 N–H and O–H groups in total. The Labute approximate surface area is 317 Å². The minimum absolute atomic E-state index is 0.617. The Bertz CT molecular complexity index is 3260. The van der Waals surface area contributed by atoms with Gasteiger partial charge in [-0.15, -0.1) is 0 Å². The number of para-hydroxylation sites is 1. The van der Waals surface area contributed by atoms with Crippen LogP contribution in [0.5, 0.6) is 0 Å². The first-order valence-corrected chi connectivity index (χ1v) is 18.5. The fraction of sp³-hybridized carbons (Fsp3) is 0. The molecule has 4 heteroatoms. The highest BCUT2D eigenvalue weighted by Gasteiger charge is 2.16. The summed E-state index contributed by atoms with van der Waals surface area (Å²) in [5, 5.41) is 9.67. The normalized spacial score (nSPS) is 11.6. The van der Waals surface area contributed by atoms with Crippen LogP contribution in [0.25, 0.3) is 111 Å². The zero-order chi connectivity index (χ0) is 36.3. The van der Waals surface area contributed by atoms with Crippen molar-refractivity contribution in [3.05, 3.63) is 188 Å². The van der Waals surface area contributed by atoms with Gasteiger partial charge in [-0.3, -0.25) is 0 Å². The van der Waals surface area contributed by atoms with Crippen molar-refractivity contribution in [3.8, 4) is 56.4 Å². The van der Waals surface area contributed by atoms with Gasteiger partial charge < -0.3 is 4.42 Å². The molecule has 0 fully saturated rings. The van der Waals surface area contributed by atoms with Gasteiger partial charge >= 0.3 is 0 Å². The van der Waals surface area contributed by atoms with Crippen molar-refractivity contribution in [2.24, 2.45) is 0 Å². The number of benzene rings is 9. The molecule has 256 valence electrons. The Morgan fingerprint density at radius 2 is 0.818 bits per heavy atom. The summed E-state index contributed by atoms with van der Waals surface area (Å²) in [6.07, 6.45) is 0. The number of furan rings is 1. The highest BCUT2D eigenvalue weighted by molar-refractivity contribution is 6.20. The topological polar surface area (TPSA) is 51.8 Å². The van der Waals surface area contributed by atoms with Crippen molar-refractivity contribution >= 4 is 54.3 Å². The largest absolute Gasteiger partial charge is 0.456 e. The first-order chi connectivity index (χ1) is 27.2. The molecule has 0 amide bonds. The predicted octanol–water partition coefficient (Wildman–Crippen LogP) is 13.6. The van der Waals surface area contributed by atoms with E-state index in [-0.39, 0.29) is 0 Å². The van der Waals surface area contributed by atoms with E-state index in [1.165, 1.54) is 37.9 Å². The van der Waals surface area contributed by atoms with Gasteiger partial charge in [-0.2, -0.15) is 0 Å². The van der Waals surface area contributed by atoms with Crippen molar-refractivity contribution in [2.75, 3.05) is 0 Å². The summed E-state index contributed by atoms with van der Waals surface area (Å²) < 4.78 is 6.22. The highest BCUT2D eigenvalue weighted by atomic mass is 16.3. The molecule has 55 heavy (non-hydrogen) atoms.